The minimum absolute atomic E-state index is 0.0711. The SMILES string of the molecule is C[C@H](O[Si](C)(C)C)c1nnc([C@H](C)O[Si](C)(C)C)n1C(=O)Cc1ccccc1. The van der Waals surface area contributed by atoms with Gasteiger partial charge in [0.05, 0.1) is 6.42 Å². The van der Waals surface area contributed by atoms with Gasteiger partial charge in [-0.2, -0.15) is 0 Å². The number of carbonyl (C=O) groups is 1. The first-order valence-corrected chi connectivity index (χ1v) is 16.6. The zero-order chi connectivity index (χ0) is 21.1. The topological polar surface area (TPSA) is 66.2 Å². The molecule has 2 rings (SSSR count). The normalized spacial score (nSPS) is 14.7. The number of hydrogen-bond acceptors (Lipinski definition) is 5. The van der Waals surface area contributed by atoms with Gasteiger partial charge in [-0.15, -0.1) is 10.2 Å². The van der Waals surface area contributed by atoms with Crippen molar-refractivity contribution in [1.82, 2.24) is 14.8 Å². The standard InChI is InChI=1S/C20H33N3O3Si2/c1-15(25-27(3,4)5)19-21-22-20(16(2)26-28(6,7)8)23(19)18(24)14-17-12-10-9-11-13-17/h9-13,15-16H,14H2,1-8H3/t15-,16-/m0/s1. The number of aromatic nitrogens is 3. The van der Waals surface area contributed by atoms with Crippen LogP contribution in [0, 0.1) is 0 Å². The van der Waals surface area contributed by atoms with Crippen LogP contribution >= 0.6 is 0 Å². The maximum absolute atomic E-state index is 13.3. The van der Waals surface area contributed by atoms with E-state index in [0.29, 0.717) is 11.6 Å². The van der Waals surface area contributed by atoms with Crippen molar-refractivity contribution in [2.24, 2.45) is 0 Å². The highest BCUT2D eigenvalue weighted by molar-refractivity contribution is 6.70. The summed E-state index contributed by atoms with van der Waals surface area (Å²) in [5, 5.41) is 8.68. The summed E-state index contributed by atoms with van der Waals surface area (Å²) in [6.45, 7) is 16.6. The third kappa shape index (κ3) is 6.47. The summed E-state index contributed by atoms with van der Waals surface area (Å²) in [5.74, 6) is 1.02. The fraction of sp³-hybridized carbons (Fsp3) is 0.550. The van der Waals surface area contributed by atoms with Crippen LogP contribution < -0.4 is 0 Å². The van der Waals surface area contributed by atoms with Crippen molar-refractivity contribution in [1.29, 1.82) is 0 Å². The molecule has 0 fully saturated rings. The van der Waals surface area contributed by atoms with E-state index < -0.39 is 16.6 Å². The monoisotopic (exact) mass is 419 g/mol. The van der Waals surface area contributed by atoms with Crippen LogP contribution in [0.4, 0.5) is 0 Å². The Labute approximate surface area is 170 Å². The van der Waals surface area contributed by atoms with Gasteiger partial charge in [0.1, 0.15) is 12.2 Å². The van der Waals surface area contributed by atoms with E-state index in [2.05, 4.69) is 49.5 Å². The van der Waals surface area contributed by atoms with Gasteiger partial charge in [0, 0.05) is 0 Å². The second kappa shape index (κ2) is 8.81. The Bertz CT molecular complexity index is 756. The maximum Gasteiger partial charge on any atom is 0.238 e. The van der Waals surface area contributed by atoms with E-state index in [1.807, 2.05) is 44.2 Å². The van der Waals surface area contributed by atoms with E-state index in [0.717, 1.165) is 5.56 Å². The summed E-state index contributed by atoms with van der Waals surface area (Å²) < 4.78 is 14.0. The number of hydrogen-bond donors (Lipinski definition) is 0. The Balaban J connectivity index is 2.41. The quantitative estimate of drug-likeness (QED) is 0.564. The molecule has 0 radical (unpaired) electrons. The predicted molar refractivity (Wildman–Crippen MR) is 116 cm³/mol. The van der Waals surface area contributed by atoms with Gasteiger partial charge >= 0.3 is 0 Å². The molecule has 0 aliphatic carbocycles. The van der Waals surface area contributed by atoms with E-state index in [9.17, 15) is 4.79 Å². The zero-order valence-corrected chi connectivity index (χ0v) is 20.3. The molecule has 0 aliphatic heterocycles. The van der Waals surface area contributed by atoms with Gasteiger partial charge in [-0.1, -0.05) is 30.3 Å². The van der Waals surface area contributed by atoms with E-state index in [1.165, 1.54) is 0 Å². The van der Waals surface area contributed by atoms with Crippen LogP contribution in [0.25, 0.3) is 0 Å². The Morgan fingerprint density at radius 1 is 0.893 bits per heavy atom. The second-order valence-electron chi connectivity index (χ2n) is 9.05. The Morgan fingerprint density at radius 2 is 1.32 bits per heavy atom. The Hall–Kier alpha value is -1.62. The summed E-state index contributed by atoms with van der Waals surface area (Å²) in [5.41, 5.74) is 0.954. The van der Waals surface area contributed by atoms with Crippen LogP contribution in [0.2, 0.25) is 39.3 Å². The Kier molecular flexibility index (Phi) is 7.14. The molecule has 8 heteroatoms. The van der Waals surface area contributed by atoms with Gasteiger partial charge in [-0.3, -0.25) is 4.79 Å². The molecule has 6 nitrogen and oxygen atoms in total. The zero-order valence-electron chi connectivity index (χ0n) is 18.3. The lowest BCUT2D eigenvalue weighted by Gasteiger charge is -2.25. The first-order chi connectivity index (χ1) is 12.9. The molecule has 0 bridgehead atoms. The molecule has 1 aromatic carbocycles. The van der Waals surface area contributed by atoms with Gasteiger partial charge < -0.3 is 8.85 Å². The smallest absolute Gasteiger partial charge is 0.238 e. The molecule has 0 saturated heterocycles. The molecule has 1 aromatic heterocycles. The highest BCUT2D eigenvalue weighted by Gasteiger charge is 2.30. The van der Waals surface area contributed by atoms with Gasteiger partial charge in [0.2, 0.25) is 5.91 Å². The van der Waals surface area contributed by atoms with Crippen LogP contribution in [-0.2, 0) is 15.3 Å². The first-order valence-electron chi connectivity index (χ1n) is 9.75. The Morgan fingerprint density at radius 3 is 1.71 bits per heavy atom. The van der Waals surface area contributed by atoms with E-state index in [1.54, 1.807) is 4.57 Å². The number of nitrogens with zero attached hydrogens (tertiary/aromatic N) is 3. The second-order valence-corrected chi connectivity index (χ2v) is 18.0. The average molecular weight is 420 g/mol. The summed E-state index contributed by atoms with van der Waals surface area (Å²) >= 11 is 0. The van der Waals surface area contributed by atoms with E-state index in [4.69, 9.17) is 8.85 Å². The van der Waals surface area contributed by atoms with Crippen LogP contribution in [0.5, 0.6) is 0 Å². The summed E-state index contributed by atoms with van der Waals surface area (Å²) in [7, 11) is -3.62. The molecule has 1 heterocycles. The van der Waals surface area contributed by atoms with Crippen molar-refractivity contribution in [2.45, 2.75) is 71.8 Å². The van der Waals surface area contributed by atoms with Crippen molar-refractivity contribution in [3.8, 4) is 0 Å². The summed E-state index contributed by atoms with van der Waals surface area (Å²) in [4.78, 5) is 13.3. The first kappa shape index (κ1) is 22.7. The van der Waals surface area contributed by atoms with Gasteiger partial charge in [-0.25, -0.2) is 4.57 Å². The molecule has 0 saturated carbocycles. The minimum atomic E-state index is -1.81. The van der Waals surface area contributed by atoms with Crippen LogP contribution in [-0.4, -0.2) is 37.3 Å². The summed E-state index contributed by atoms with van der Waals surface area (Å²) in [6, 6.07) is 9.71. The molecular weight excluding hydrogens is 386 g/mol. The maximum atomic E-state index is 13.3. The lowest BCUT2D eigenvalue weighted by atomic mass is 10.1. The molecule has 154 valence electrons. The van der Waals surface area contributed by atoms with Gasteiger partial charge in [0.25, 0.3) is 0 Å². The number of benzene rings is 1. The van der Waals surface area contributed by atoms with Crippen molar-refractivity contribution in [2.75, 3.05) is 0 Å². The highest BCUT2D eigenvalue weighted by Crippen LogP contribution is 2.26. The number of carbonyl (C=O) groups excluding carboxylic acids is 1. The molecule has 2 atom stereocenters. The third-order valence-electron chi connectivity index (χ3n) is 3.95. The molecule has 0 amide bonds. The molecule has 2 aromatic rings. The van der Waals surface area contributed by atoms with Crippen LogP contribution in [0.1, 0.15) is 48.1 Å². The van der Waals surface area contributed by atoms with Crippen LogP contribution in [0.15, 0.2) is 30.3 Å². The molecule has 0 unspecified atom stereocenters. The predicted octanol–water partition coefficient (Wildman–Crippen LogP) is 4.99. The largest absolute Gasteiger partial charge is 0.408 e. The van der Waals surface area contributed by atoms with Gasteiger partial charge in [-0.05, 0) is 58.7 Å². The lowest BCUT2D eigenvalue weighted by molar-refractivity contribution is 0.0877. The number of rotatable bonds is 8. The highest BCUT2D eigenvalue weighted by atomic mass is 28.4. The van der Waals surface area contributed by atoms with Crippen molar-refractivity contribution < 1.29 is 13.6 Å². The molecule has 0 aliphatic rings. The average Bonchev–Trinajstić information content (AvgIpc) is 2.98. The molecule has 28 heavy (non-hydrogen) atoms. The van der Waals surface area contributed by atoms with Crippen LogP contribution in [0.3, 0.4) is 0 Å². The molecule has 0 N–H and O–H groups in total. The summed E-state index contributed by atoms with van der Waals surface area (Å²) in [6.07, 6.45) is -0.350. The van der Waals surface area contributed by atoms with E-state index >= 15 is 0 Å². The molecular formula is C20H33N3O3Si2. The van der Waals surface area contributed by atoms with Crippen molar-refractivity contribution in [3.05, 3.63) is 47.5 Å². The third-order valence-corrected chi connectivity index (χ3v) is 6.07. The van der Waals surface area contributed by atoms with Crippen molar-refractivity contribution in [3.63, 3.8) is 0 Å². The molecule has 0 spiro atoms. The minimum Gasteiger partial charge on any atom is -0.408 e. The van der Waals surface area contributed by atoms with E-state index in [-0.39, 0.29) is 24.5 Å². The fourth-order valence-corrected chi connectivity index (χ4v) is 5.44. The van der Waals surface area contributed by atoms with Crippen molar-refractivity contribution >= 4 is 22.5 Å². The lowest BCUT2D eigenvalue weighted by Crippen LogP contribution is -2.31. The van der Waals surface area contributed by atoms with Gasteiger partial charge in [0.15, 0.2) is 28.3 Å². The fourth-order valence-electron chi connectivity index (χ4n) is 3.11.